The van der Waals surface area contributed by atoms with Crippen LogP contribution in [-0.2, 0) is 14.8 Å². The fourth-order valence-electron chi connectivity index (χ4n) is 3.46. The van der Waals surface area contributed by atoms with Crippen molar-refractivity contribution >= 4 is 10.0 Å². The summed E-state index contributed by atoms with van der Waals surface area (Å²) in [6.07, 6.45) is 0.805. The lowest BCUT2D eigenvalue weighted by atomic mass is 10.1. The predicted molar refractivity (Wildman–Crippen MR) is 114 cm³/mol. The molecule has 1 aliphatic heterocycles. The highest BCUT2D eigenvalue weighted by atomic mass is 32.2. The van der Waals surface area contributed by atoms with Gasteiger partial charge in [-0.25, -0.2) is 13.1 Å². The molecular weight excluding hydrogens is 388 g/mol. The number of nitrogens with one attached hydrogen (secondary N) is 1. The molecule has 0 radical (unpaired) electrons. The standard InChI is InChI=1S/C22H30N2O4S/c1-3-27-20-11-10-18(2)16-22(20)29(25,26)23-12-7-13-24-14-15-28-21(17-24)19-8-5-4-6-9-19/h4-6,8-11,16,21,23H,3,7,12-15,17H2,1-2H3. The van der Waals surface area contributed by atoms with E-state index in [4.69, 9.17) is 9.47 Å². The van der Waals surface area contributed by atoms with Crippen LogP contribution in [0.1, 0.15) is 30.6 Å². The lowest BCUT2D eigenvalue weighted by Crippen LogP contribution is -2.39. The predicted octanol–water partition coefficient (Wildman–Crippen LogP) is 3.14. The van der Waals surface area contributed by atoms with Crippen LogP contribution in [0.25, 0.3) is 0 Å². The zero-order valence-corrected chi connectivity index (χ0v) is 18.0. The summed E-state index contributed by atoms with van der Waals surface area (Å²) in [4.78, 5) is 2.53. The average Bonchev–Trinajstić information content (AvgIpc) is 2.73. The van der Waals surface area contributed by atoms with Gasteiger partial charge in [-0.15, -0.1) is 0 Å². The Labute approximate surface area is 173 Å². The first-order chi connectivity index (χ1) is 14.0. The second kappa shape index (κ2) is 10.2. The van der Waals surface area contributed by atoms with E-state index in [1.54, 1.807) is 12.1 Å². The Morgan fingerprint density at radius 3 is 2.76 bits per heavy atom. The molecule has 2 aromatic rings. The largest absolute Gasteiger partial charge is 0.492 e. The molecule has 1 unspecified atom stereocenters. The smallest absolute Gasteiger partial charge is 0.244 e. The summed E-state index contributed by atoms with van der Waals surface area (Å²) in [5.74, 6) is 0.393. The summed E-state index contributed by atoms with van der Waals surface area (Å²) in [7, 11) is -3.61. The quantitative estimate of drug-likeness (QED) is 0.634. The molecule has 2 aromatic carbocycles. The lowest BCUT2D eigenvalue weighted by Gasteiger charge is -2.33. The molecule has 6 nitrogen and oxygen atoms in total. The number of sulfonamides is 1. The molecular formula is C22H30N2O4S. The molecule has 0 saturated carbocycles. The Kier molecular flexibility index (Phi) is 7.66. The summed E-state index contributed by atoms with van der Waals surface area (Å²) < 4.78 is 39.6. The molecule has 1 heterocycles. The fourth-order valence-corrected chi connectivity index (χ4v) is 4.76. The van der Waals surface area contributed by atoms with E-state index >= 15 is 0 Å². The van der Waals surface area contributed by atoms with Gasteiger partial charge in [-0.1, -0.05) is 36.4 Å². The molecule has 0 bridgehead atoms. The zero-order valence-electron chi connectivity index (χ0n) is 17.1. The molecule has 1 N–H and O–H groups in total. The van der Waals surface area contributed by atoms with Crippen LogP contribution in [0.4, 0.5) is 0 Å². The van der Waals surface area contributed by atoms with E-state index < -0.39 is 10.0 Å². The molecule has 0 aromatic heterocycles. The van der Waals surface area contributed by atoms with Crippen molar-refractivity contribution in [3.63, 3.8) is 0 Å². The van der Waals surface area contributed by atoms with E-state index in [0.29, 0.717) is 25.5 Å². The van der Waals surface area contributed by atoms with E-state index in [9.17, 15) is 8.42 Å². The van der Waals surface area contributed by atoms with Crippen LogP contribution >= 0.6 is 0 Å². The zero-order chi connectivity index (χ0) is 20.7. The first kappa shape index (κ1) is 21.8. The minimum absolute atomic E-state index is 0.0719. The van der Waals surface area contributed by atoms with Crippen molar-refractivity contribution < 1.29 is 17.9 Å². The van der Waals surface area contributed by atoms with Gasteiger partial charge in [0.25, 0.3) is 0 Å². The van der Waals surface area contributed by atoms with Gasteiger partial charge in [-0.05, 0) is 50.1 Å². The second-order valence-corrected chi connectivity index (χ2v) is 8.94. The summed E-state index contributed by atoms with van der Waals surface area (Å²) >= 11 is 0. The third kappa shape index (κ3) is 6.02. The van der Waals surface area contributed by atoms with E-state index in [1.807, 2.05) is 38.1 Å². The van der Waals surface area contributed by atoms with Gasteiger partial charge < -0.3 is 9.47 Å². The topological polar surface area (TPSA) is 67.9 Å². The first-order valence-electron chi connectivity index (χ1n) is 10.1. The molecule has 7 heteroatoms. The van der Waals surface area contributed by atoms with Crippen LogP contribution in [-0.4, -0.2) is 52.7 Å². The van der Waals surface area contributed by atoms with Crippen LogP contribution in [0.2, 0.25) is 0 Å². The minimum atomic E-state index is -3.61. The number of hydrogen-bond donors (Lipinski definition) is 1. The van der Waals surface area contributed by atoms with Crippen LogP contribution < -0.4 is 9.46 Å². The van der Waals surface area contributed by atoms with Gasteiger partial charge in [0, 0.05) is 19.6 Å². The normalized spacial score (nSPS) is 17.9. The van der Waals surface area contributed by atoms with Crippen molar-refractivity contribution in [2.75, 3.05) is 39.4 Å². The maximum Gasteiger partial charge on any atom is 0.244 e. The summed E-state index contributed by atoms with van der Waals surface area (Å²) in [6.45, 7) is 7.71. The monoisotopic (exact) mass is 418 g/mol. The summed E-state index contributed by atoms with van der Waals surface area (Å²) in [6, 6.07) is 15.4. The highest BCUT2D eigenvalue weighted by Gasteiger charge is 2.22. The maximum atomic E-state index is 12.7. The van der Waals surface area contributed by atoms with Crippen molar-refractivity contribution in [2.45, 2.75) is 31.3 Å². The number of ether oxygens (including phenoxy) is 2. The van der Waals surface area contributed by atoms with Crippen molar-refractivity contribution in [1.82, 2.24) is 9.62 Å². The average molecular weight is 419 g/mol. The number of rotatable bonds is 9. The van der Waals surface area contributed by atoms with E-state index in [0.717, 1.165) is 31.6 Å². The van der Waals surface area contributed by atoms with Gasteiger partial charge in [0.1, 0.15) is 10.6 Å². The van der Waals surface area contributed by atoms with Crippen LogP contribution in [0.3, 0.4) is 0 Å². The Hall–Kier alpha value is -1.93. The van der Waals surface area contributed by atoms with Crippen LogP contribution in [0.15, 0.2) is 53.4 Å². The third-order valence-electron chi connectivity index (χ3n) is 4.95. The molecule has 0 aliphatic carbocycles. The Bertz CT molecular complexity index is 887. The van der Waals surface area contributed by atoms with Gasteiger partial charge in [0.2, 0.25) is 10.0 Å². The van der Waals surface area contributed by atoms with E-state index in [-0.39, 0.29) is 11.0 Å². The molecule has 0 spiro atoms. The number of benzene rings is 2. The van der Waals surface area contributed by atoms with Gasteiger partial charge in [0.05, 0.1) is 19.3 Å². The molecule has 0 amide bonds. The lowest BCUT2D eigenvalue weighted by molar-refractivity contribution is -0.0300. The minimum Gasteiger partial charge on any atom is -0.492 e. The number of hydrogen-bond acceptors (Lipinski definition) is 5. The van der Waals surface area contributed by atoms with Gasteiger partial charge in [-0.2, -0.15) is 0 Å². The highest BCUT2D eigenvalue weighted by molar-refractivity contribution is 7.89. The van der Waals surface area contributed by atoms with Crippen molar-refractivity contribution in [3.05, 3.63) is 59.7 Å². The molecule has 1 aliphatic rings. The number of nitrogens with zero attached hydrogens (tertiary/aromatic N) is 1. The van der Waals surface area contributed by atoms with Crippen molar-refractivity contribution in [3.8, 4) is 5.75 Å². The summed E-state index contributed by atoms with van der Waals surface area (Å²) in [5.41, 5.74) is 2.06. The Morgan fingerprint density at radius 1 is 1.21 bits per heavy atom. The van der Waals surface area contributed by atoms with Gasteiger partial charge >= 0.3 is 0 Å². The van der Waals surface area contributed by atoms with Gasteiger partial charge in [-0.3, -0.25) is 4.90 Å². The number of morpholine rings is 1. The molecule has 1 atom stereocenters. The van der Waals surface area contributed by atoms with Crippen LogP contribution in [0, 0.1) is 6.92 Å². The molecule has 1 saturated heterocycles. The number of aryl methyl sites for hydroxylation is 1. The van der Waals surface area contributed by atoms with Crippen molar-refractivity contribution in [2.24, 2.45) is 0 Å². The van der Waals surface area contributed by atoms with Crippen molar-refractivity contribution in [1.29, 1.82) is 0 Å². The molecule has 3 rings (SSSR count). The molecule has 29 heavy (non-hydrogen) atoms. The maximum absolute atomic E-state index is 12.7. The van der Waals surface area contributed by atoms with E-state index in [2.05, 4.69) is 21.8 Å². The SMILES string of the molecule is CCOc1ccc(C)cc1S(=O)(=O)NCCCN1CCOC(c2ccccc2)C1. The Morgan fingerprint density at radius 2 is 2.00 bits per heavy atom. The second-order valence-electron chi connectivity index (χ2n) is 7.21. The van der Waals surface area contributed by atoms with Crippen LogP contribution in [0.5, 0.6) is 5.75 Å². The first-order valence-corrected chi connectivity index (χ1v) is 11.6. The molecule has 1 fully saturated rings. The van der Waals surface area contributed by atoms with Gasteiger partial charge in [0.15, 0.2) is 0 Å². The fraction of sp³-hybridized carbons (Fsp3) is 0.455. The summed E-state index contributed by atoms with van der Waals surface area (Å²) in [5, 5.41) is 0. The highest BCUT2D eigenvalue weighted by Crippen LogP contribution is 2.25. The third-order valence-corrected chi connectivity index (χ3v) is 6.44. The Balaban J connectivity index is 1.52. The van der Waals surface area contributed by atoms with E-state index in [1.165, 1.54) is 5.56 Å². The molecule has 158 valence electrons.